The van der Waals surface area contributed by atoms with E-state index < -0.39 is 0 Å². The number of hydrogen-bond acceptors (Lipinski definition) is 4. The van der Waals surface area contributed by atoms with Gasteiger partial charge in [0.2, 0.25) is 5.91 Å². The first kappa shape index (κ1) is 13.8. The summed E-state index contributed by atoms with van der Waals surface area (Å²) < 4.78 is 5.23. The Bertz CT molecular complexity index is 686. The van der Waals surface area contributed by atoms with Crippen LogP contribution in [0.5, 0.6) is 0 Å². The molecule has 3 aliphatic rings. The third-order valence-electron chi connectivity index (χ3n) is 5.26. The van der Waals surface area contributed by atoms with E-state index in [2.05, 4.69) is 22.1 Å². The van der Waals surface area contributed by atoms with Crippen molar-refractivity contribution in [2.45, 2.75) is 38.3 Å². The van der Waals surface area contributed by atoms with Crippen LogP contribution in [0.15, 0.2) is 29.0 Å². The number of nitrogens with zero attached hydrogens (tertiary/aromatic N) is 2. The number of carbonyl (C=O) groups is 1. The van der Waals surface area contributed by atoms with Gasteiger partial charge in [0.25, 0.3) is 0 Å². The number of rotatable bonds is 3. The number of amides is 1. The van der Waals surface area contributed by atoms with Gasteiger partial charge in [-0.3, -0.25) is 9.69 Å². The molecule has 1 amide bonds. The molecule has 3 saturated heterocycles. The number of fused-ring (bicyclic) bond motifs is 4. The first-order valence-corrected chi connectivity index (χ1v) is 8.06. The van der Waals surface area contributed by atoms with Crippen LogP contribution < -0.4 is 5.32 Å². The second kappa shape index (κ2) is 5.39. The summed E-state index contributed by atoms with van der Waals surface area (Å²) in [6, 6.07) is 6.49. The number of carbonyl (C=O) groups excluding carboxylic acids is 1. The molecular weight excluding hydrogens is 278 g/mol. The molecule has 0 unspecified atom stereocenters. The summed E-state index contributed by atoms with van der Waals surface area (Å²) in [6.07, 6.45) is 4.25. The zero-order chi connectivity index (χ0) is 15.1. The predicted molar refractivity (Wildman–Crippen MR) is 83.4 cm³/mol. The molecular formula is C17H21N3O2. The summed E-state index contributed by atoms with van der Waals surface area (Å²) in [6.45, 7) is 4.60. The fourth-order valence-corrected chi connectivity index (χ4v) is 3.98. The van der Waals surface area contributed by atoms with Crippen molar-refractivity contribution < 1.29 is 9.21 Å². The number of oxazole rings is 1. The second-order valence-electron chi connectivity index (χ2n) is 6.54. The topological polar surface area (TPSA) is 58.4 Å². The van der Waals surface area contributed by atoms with E-state index in [-0.39, 0.29) is 5.91 Å². The molecule has 2 aromatic rings. The lowest BCUT2D eigenvalue weighted by molar-refractivity contribution is -0.123. The average Bonchev–Trinajstić information content (AvgIpc) is 2.99. The van der Waals surface area contributed by atoms with Crippen LogP contribution in [0.1, 0.15) is 25.3 Å². The van der Waals surface area contributed by atoms with Crippen LogP contribution in [-0.2, 0) is 11.2 Å². The van der Waals surface area contributed by atoms with Crippen LogP contribution in [0.3, 0.4) is 0 Å². The van der Waals surface area contributed by atoms with Crippen molar-refractivity contribution in [2.24, 2.45) is 5.92 Å². The molecule has 5 nitrogen and oxygen atoms in total. The Hall–Kier alpha value is -1.88. The van der Waals surface area contributed by atoms with Gasteiger partial charge >= 0.3 is 0 Å². The fraction of sp³-hybridized carbons (Fsp3) is 0.529. The molecule has 3 aliphatic heterocycles. The largest absolute Gasteiger partial charge is 0.443 e. The van der Waals surface area contributed by atoms with E-state index in [1.54, 1.807) is 0 Å². The van der Waals surface area contributed by atoms with E-state index in [9.17, 15) is 4.79 Å². The normalized spacial score (nSPS) is 30.6. The van der Waals surface area contributed by atoms with E-state index in [0.717, 1.165) is 16.7 Å². The lowest BCUT2D eigenvalue weighted by Crippen LogP contribution is -2.62. The van der Waals surface area contributed by atoms with Crippen molar-refractivity contribution in [3.63, 3.8) is 0 Å². The van der Waals surface area contributed by atoms with E-state index >= 15 is 0 Å². The highest BCUT2D eigenvalue weighted by molar-refractivity contribution is 5.81. The quantitative estimate of drug-likeness (QED) is 0.941. The maximum absolute atomic E-state index is 12.4. The van der Waals surface area contributed by atoms with Crippen molar-refractivity contribution >= 4 is 17.0 Å². The maximum Gasteiger partial charge on any atom is 0.224 e. The summed E-state index contributed by atoms with van der Waals surface area (Å²) in [4.78, 5) is 19.0. The van der Waals surface area contributed by atoms with Crippen LogP contribution in [0.4, 0.5) is 0 Å². The fourth-order valence-electron chi connectivity index (χ4n) is 3.98. The van der Waals surface area contributed by atoms with Gasteiger partial charge in [-0.1, -0.05) is 6.07 Å². The Labute approximate surface area is 129 Å². The van der Waals surface area contributed by atoms with Crippen LogP contribution in [0.2, 0.25) is 0 Å². The highest BCUT2D eigenvalue weighted by atomic mass is 16.3. The number of piperidine rings is 3. The zero-order valence-corrected chi connectivity index (χ0v) is 12.8. The van der Waals surface area contributed by atoms with Gasteiger partial charge in [0.1, 0.15) is 5.52 Å². The zero-order valence-electron chi connectivity index (χ0n) is 12.8. The van der Waals surface area contributed by atoms with Crippen LogP contribution in [0, 0.1) is 5.92 Å². The van der Waals surface area contributed by atoms with Crippen molar-refractivity contribution in [3.05, 3.63) is 30.2 Å². The van der Waals surface area contributed by atoms with Gasteiger partial charge in [0.05, 0.1) is 6.42 Å². The molecule has 0 radical (unpaired) electrons. The van der Waals surface area contributed by atoms with Gasteiger partial charge in [-0.25, -0.2) is 4.98 Å². The van der Waals surface area contributed by atoms with Crippen LogP contribution in [-0.4, -0.2) is 41.0 Å². The highest BCUT2D eigenvalue weighted by Gasteiger charge is 2.40. The summed E-state index contributed by atoms with van der Waals surface area (Å²) in [5.41, 5.74) is 2.55. The first-order valence-electron chi connectivity index (χ1n) is 8.06. The SMILES string of the molecule is C[C@@H]1[C@H](NC(=O)Cc2ccc3ocnc3c2)C2CCN1CC2. The smallest absolute Gasteiger partial charge is 0.224 e. The molecule has 1 aromatic heterocycles. The average molecular weight is 299 g/mol. The van der Waals surface area contributed by atoms with Gasteiger partial charge < -0.3 is 9.73 Å². The molecule has 0 aliphatic carbocycles. The minimum Gasteiger partial charge on any atom is -0.443 e. The van der Waals surface area contributed by atoms with E-state index in [1.807, 2.05) is 18.2 Å². The minimum atomic E-state index is 0.105. The molecule has 4 heterocycles. The Morgan fingerprint density at radius 2 is 2.23 bits per heavy atom. The minimum absolute atomic E-state index is 0.105. The maximum atomic E-state index is 12.4. The highest BCUT2D eigenvalue weighted by Crippen LogP contribution is 2.32. The van der Waals surface area contributed by atoms with Crippen LogP contribution >= 0.6 is 0 Å². The van der Waals surface area contributed by atoms with E-state index in [1.165, 1.54) is 32.3 Å². The van der Waals surface area contributed by atoms with Gasteiger partial charge in [0, 0.05) is 12.1 Å². The third kappa shape index (κ3) is 2.39. The molecule has 22 heavy (non-hydrogen) atoms. The van der Waals surface area contributed by atoms with Gasteiger partial charge in [-0.05, 0) is 56.5 Å². The van der Waals surface area contributed by atoms with Gasteiger partial charge in [-0.15, -0.1) is 0 Å². The predicted octanol–water partition coefficient (Wildman–Crippen LogP) is 1.97. The lowest BCUT2D eigenvalue weighted by atomic mass is 9.79. The molecule has 1 aromatic carbocycles. The molecule has 3 fully saturated rings. The molecule has 2 atom stereocenters. The van der Waals surface area contributed by atoms with E-state index in [0.29, 0.717) is 24.4 Å². The molecule has 0 saturated carbocycles. The monoisotopic (exact) mass is 299 g/mol. The Morgan fingerprint density at radius 1 is 1.41 bits per heavy atom. The Balaban J connectivity index is 1.43. The lowest BCUT2D eigenvalue weighted by Gasteiger charge is -2.50. The molecule has 1 N–H and O–H groups in total. The third-order valence-corrected chi connectivity index (χ3v) is 5.26. The molecule has 2 bridgehead atoms. The van der Waals surface area contributed by atoms with Gasteiger partial charge in [-0.2, -0.15) is 0 Å². The summed E-state index contributed by atoms with van der Waals surface area (Å²) in [5.74, 6) is 0.746. The van der Waals surface area contributed by atoms with Crippen molar-refractivity contribution in [3.8, 4) is 0 Å². The number of hydrogen-bond donors (Lipinski definition) is 1. The summed E-state index contributed by atoms with van der Waals surface area (Å²) in [7, 11) is 0. The van der Waals surface area contributed by atoms with Crippen LogP contribution in [0.25, 0.3) is 11.1 Å². The Kier molecular flexibility index (Phi) is 3.37. The second-order valence-corrected chi connectivity index (χ2v) is 6.54. The molecule has 116 valence electrons. The summed E-state index contributed by atoms with van der Waals surface area (Å²) in [5, 5.41) is 3.27. The first-order chi connectivity index (χ1) is 10.7. The molecule has 0 spiro atoms. The number of benzene rings is 1. The van der Waals surface area contributed by atoms with Crippen molar-refractivity contribution in [2.75, 3.05) is 13.1 Å². The van der Waals surface area contributed by atoms with E-state index in [4.69, 9.17) is 4.42 Å². The van der Waals surface area contributed by atoms with Gasteiger partial charge in [0.15, 0.2) is 12.0 Å². The molecule has 5 rings (SSSR count). The standard InChI is InChI=1S/C17H21N3O2/c1-11-17(13-4-6-20(11)7-5-13)19-16(21)9-12-2-3-15-14(8-12)18-10-22-15/h2-3,8,10-11,13,17H,4-7,9H2,1H3,(H,19,21)/t11-,17+/m1/s1. The van der Waals surface area contributed by atoms with Crippen molar-refractivity contribution in [1.82, 2.24) is 15.2 Å². The number of aromatic nitrogens is 1. The number of nitrogens with one attached hydrogen (secondary N) is 1. The summed E-state index contributed by atoms with van der Waals surface area (Å²) >= 11 is 0. The van der Waals surface area contributed by atoms with Crippen molar-refractivity contribution in [1.29, 1.82) is 0 Å². The molecule has 5 heteroatoms. The Morgan fingerprint density at radius 3 is 3.00 bits per heavy atom.